The van der Waals surface area contributed by atoms with Crippen LogP contribution in [0.3, 0.4) is 0 Å². The predicted molar refractivity (Wildman–Crippen MR) is 345 cm³/mol. The Morgan fingerprint density at radius 2 is 0.612 bits per heavy atom. The molecule has 15 aromatic rings. The van der Waals surface area contributed by atoms with Gasteiger partial charge in [-0.2, -0.15) is 0 Å². The molecule has 8 heteroatoms. The molecule has 0 saturated carbocycles. The number of hydrogen-bond acceptors (Lipinski definition) is 5. The molecular weight excluding hydrogens is 1040 g/mol. The monoisotopic (exact) mass is 1090 g/mol. The SMILES string of the molecule is OB(O)c1cc2c3c(c1)c1ccccc1n3-c1ccccc1C2(c1ccccc1)c1ccccc1.c1ccc(-c2nc(-c3ccccc3)nc(-c3cc4c5c(c3)c3ccccc3n5-c3ccccc3C4(c3ccccc3)c3ccccc3)n2)cc1. The first-order valence-corrected chi connectivity index (χ1v) is 28.8. The highest BCUT2D eigenvalue weighted by Gasteiger charge is 2.47. The molecule has 2 N–H and O–H groups in total. The zero-order valence-corrected chi connectivity index (χ0v) is 46.1. The van der Waals surface area contributed by atoms with Crippen molar-refractivity contribution in [3.8, 4) is 45.5 Å². The smallest absolute Gasteiger partial charge is 0.423 e. The third-order valence-corrected chi connectivity index (χ3v) is 17.5. The van der Waals surface area contributed by atoms with E-state index in [1.807, 2.05) is 66.7 Å². The lowest BCUT2D eigenvalue weighted by Crippen LogP contribution is -2.38. The van der Waals surface area contributed by atoms with Crippen molar-refractivity contribution in [2.45, 2.75) is 10.8 Å². The Kier molecular flexibility index (Phi) is 11.8. The summed E-state index contributed by atoms with van der Waals surface area (Å²) in [7, 11) is -1.57. The third-order valence-electron chi connectivity index (χ3n) is 17.5. The van der Waals surface area contributed by atoms with Crippen molar-refractivity contribution < 1.29 is 10.0 Å². The molecule has 0 radical (unpaired) electrons. The molecule has 400 valence electrons. The Hall–Kier alpha value is -10.8. The zero-order chi connectivity index (χ0) is 56.6. The van der Waals surface area contributed by atoms with Crippen LogP contribution in [0.25, 0.3) is 89.2 Å². The van der Waals surface area contributed by atoms with E-state index in [1.54, 1.807) is 0 Å². The molecule has 3 aromatic heterocycles. The number of para-hydroxylation sites is 4. The van der Waals surface area contributed by atoms with Crippen LogP contribution in [0, 0.1) is 0 Å². The van der Waals surface area contributed by atoms with Crippen molar-refractivity contribution in [1.82, 2.24) is 24.1 Å². The minimum absolute atomic E-state index is 0.492. The quantitative estimate of drug-likeness (QED) is 0.148. The van der Waals surface area contributed by atoms with Crippen LogP contribution in [0.4, 0.5) is 0 Å². The second kappa shape index (κ2) is 20.0. The zero-order valence-electron chi connectivity index (χ0n) is 46.1. The predicted octanol–water partition coefficient (Wildman–Crippen LogP) is 15.8. The average Bonchev–Trinajstić information content (AvgIpc) is 1.73. The van der Waals surface area contributed by atoms with Gasteiger partial charge in [0, 0.05) is 38.2 Å². The standard InChI is InChI=1S/C46H30N4.C31H22BNO2/c1-5-17-31(18-6-1)43-47-44(32-19-7-2-8-20-32)49-45(48-43)33-29-37-36-25-13-15-27-40(36)50-41-28-16-14-26-38(41)46(39(30-33)42(37)50,34-21-9-3-10-22-34)35-23-11-4-12-24-35;34-32(35)23-19-25-24-15-7-9-17-28(24)33-29-18-10-8-16-26(29)31(27(20-23)30(25)33,21-11-3-1-4-12-21)22-13-5-2-6-14-22/h1-30H;1-20,34-35H. The van der Waals surface area contributed by atoms with E-state index < -0.39 is 17.9 Å². The second-order valence-corrected chi connectivity index (χ2v) is 22.0. The van der Waals surface area contributed by atoms with Crippen molar-refractivity contribution in [2.24, 2.45) is 0 Å². The van der Waals surface area contributed by atoms with Crippen molar-refractivity contribution in [1.29, 1.82) is 0 Å². The van der Waals surface area contributed by atoms with Crippen LogP contribution in [0.5, 0.6) is 0 Å². The summed E-state index contributed by atoms with van der Waals surface area (Å²) < 4.78 is 4.80. The molecule has 0 fully saturated rings. The highest BCUT2D eigenvalue weighted by atomic mass is 16.4. The van der Waals surface area contributed by atoms with E-state index in [0.29, 0.717) is 22.9 Å². The first kappa shape index (κ1) is 50.0. The van der Waals surface area contributed by atoms with Crippen molar-refractivity contribution >= 4 is 56.2 Å². The minimum atomic E-state index is -1.57. The van der Waals surface area contributed by atoms with E-state index >= 15 is 0 Å². The fourth-order valence-corrected chi connectivity index (χ4v) is 14.1. The number of benzene rings is 12. The van der Waals surface area contributed by atoms with Gasteiger partial charge in [0.05, 0.1) is 44.3 Å². The molecule has 7 nitrogen and oxygen atoms in total. The molecule has 2 aliphatic rings. The lowest BCUT2D eigenvalue weighted by molar-refractivity contribution is 0.425. The van der Waals surface area contributed by atoms with Crippen LogP contribution < -0.4 is 5.46 Å². The molecule has 0 atom stereocenters. The highest BCUT2D eigenvalue weighted by Crippen LogP contribution is 2.56. The summed E-state index contributed by atoms with van der Waals surface area (Å²) in [6.07, 6.45) is 0. The van der Waals surface area contributed by atoms with Gasteiger partial charge in [0.15, 0.2) is 17.5 Å². The molecule has 0 saturated heterocycles. The average molecular weight is 1090 g/mol. The minimum Gasteiger partial charge on any atom is -0.423 e. The third kappa shape index (κ3) is 7.59. The van der Waals surface area contributed by atoms with E-state index in [1.165, 1.54) is 49.7 Å². The van der Waals surface area contributed by atoms with Crippen LogP contribution >= 0.6 is 0 Å². The highest BCUT2D eigenvalue weighted by molar-refractivity contribution is 6.59. The van der Waals surface area contributed by atoms with E-state index in [-0.39, 0.29) is 0 Å². The molecule has 85 heavy (non-hydrogen) atoms. The lowest BCUT2D eigenvalue weighted by atomic mass is 9.62. The van der Waals surface area contributed by atoms with Gasteiger partial charge in [-0.05, 0) is 86.4 Å². The van der Waals surface area contributed by atoms with E-state index in [0.717, 1.165) is 66.4 Å². The second-order valence-electron chi connectivity index (χ2n) is 22.0. The molecule has 0 unspecified atom stereocenters. The maximum atomic E-state index is 10.4. The number of aromatic nitrogens is 5. The van der Waals surface area contributed by atoms with E-state index in [9.17, 15) is 10.0 Å². The summed E-state index contributed by atoms with van der Waals surface area (Å²) in [6, 6.07) is 106. The molecule has 2 aliphatic heterocycles. The summed E-state index contributed by atoms with van der Waals surface area (Å²) in [5, 5.41) is 25.2. The number of hydrogen-bond donors (Lipinski definition) is 2. The largest absolute Gasteiger partial charge is 0.488 e. The van der Waals surface area contributed by atoms with Crippen LogP contribution in [0.2, 0.25) is 0 Å². The Balaban J connectivity index is 0.000000147. The summed E-state index contributed by atoms with van der Waals surface area (Å²) in [6.45, 7) is 0. The number of fused-ring (bicyclic) bond motifs is 10. The Bertz CT molecular complexity index is 4900. The van der Waals surface area contributed by atoms with Gasteiger partial charge >= 0.3 is 7.12 Å². The fraction of sp³-hybridized carbons (Fsp3) is 0.0260. The van der Waals surface area contributed by atoms with E-state index in [4.69, 9.17) is 15.0 Å². The van der Waals surface area contributed by atoms with Gasteiger partial charge in [-0.3, -0.25) is 0 Å². The normalized spacial score (nSPS) is 13.2. The van der Waals surface area contributed by atoms with Gasteiger partial charge in [0.1, 0.15) is 0 Å². The van der Waals surface area contributed by atoms with Crippen molar-refractivity contribution in [2.75, 3.05) is 0 Å². The molecule has 17 rings (SSSR count). The first-order valence-electron chi connectivity index (χ1n) is 28.8. The summed E-state index contributed by atoms with van der Waals surface area (Å²) in [5.41, 5.74) is 18.3. The molecule has 0 amide bonds. The van der Waals surface area contributed by atoms with Crippen molar-refractivity contribution in [3.05, 3.63) is 348 Å². The van der Waals surface area contributed by atoms with Gasteiger partial charge in [-0.15, -0.1) is 0 Å². The fourth-order valence-electron chi connectivity index (χ4n) is 14.1. The summed E-state index contributed by atoms with van der Waals surface area (Å²) in [5.74, 6) is 1.93. The maximum absolute atomic E-state index is 10.4. The van der Waals surface area contributed by atoms with E-state index in [2.05, 4.69) is 246 Å². The summed E-state index contributed by atoms with van der Waals surface area (Å²) >= 11 is 0. The molecule has 12 aromatic carbocycles. The van der Waals surface area contributed by atoms with Crippen LogP contribution in [0.1, 0.15) is 44.5 Å². The molecule has 5 heterocycles. The Labute approximate surface area is 491 Å². The van der Waals surface area contributed by atoms with Gasteiger partial charge < -0.3 is 19.2 Å². The summed E-state index contributed by atoms with van der Waals surface area (Å²) in [4.78, 5) is 15.4. The van der Waals surface area contributed by atoms with Crippen LogP contribution in [-0.2, 0) is 10.8 Å². The number of rotatable bonds is 8. The number of nitrogens with zero attached hydrogens (tertiary/aromatic N) is 5. The lowest BCUT2D eigenvalue weighted by Gasteiger charge is -2.42. The van der Waals surface area contributed by atoms with Gasteiger partial charge in [-0.25, -0.2) is 15.0 Å². The van der Waals surface area contributed by atoms with Crippen LogP contribution in [-0.4, -0.2) is 41.3 Å². The Morgan fingerprint density at radius 3 is 1.02 bits per heavy atom. The topological polar surface area (TPSA) is 89.0 Å². The Morgan fingerprint density at radius 1 is 0.282 bits per heavy atom. The van der Waals surface area contributed by atoms with Gasteiger partial charge in [0.2, 0.25) is 0 Å². The maximum Gasteiger partial charge on any atom is 0.488 e. The molecular formula is C77H52BN5O2. The van der Waals surface area contributed by atoms with Gasteiger partial charge in [0.25, 0.3) is 0 Å². The molecule has 0 bridgehead atoms. The van der Waals surface area contributed by atoms with Crippen LogP contribution in [0.15, 0.2) is 303 Å². The molecule has 0 aliphatic carbocycles. The molecule has 0 spiro atoms. The first-order chi connectivity index (χ1) is 42.0. The van der Waals surface area contributed by atoms with Gasteiger partial charge in [-0.1, -0.05) is 267 Å². The van der Waals surface area contributed by atoms with Crippen molar-refractivity contribution in [3.63, 3.8) is 0 Å².